The van der Waals surface area contributed by atoms with Gasteiger partial charge in [-0.3, -0.25) is 14.3 Å². The molecule has 0 aliphatic rings. The third-order valence-corrected chi connectivity index (χ3v) is 2.78. The van der Waals surface area contributed by atoms with E-state index in [0.717, 1.165) is 23.6 Å². The van der Waals surface area contributed by atoms with Crippen molar-refractivity contribution in [2.45, 2.75) is 33.7 Å². The van der Waals surface area contributed by atoms with Crippen LogP contribution in [0.3, 0.4) is 0 Å². The van der Waals surface area contributed by atoms with Crippen molar-refractivity contribution in [3.05, 3.63) is 24.0 Å². The molecule has 0 fully saturated rings. The van der Waals surface area contributed by atoms with E-state index in [4.69, 9.17) is 0 Å². The molecule has 0 aliphatic carbocycles. The molecule has 0 unspecified atom stereocenters. The van der Waals surface area contributed by atoms with Gasteiger partial charge in [0, 0.05) is 19.5 Å². The molecule has 1 aromatic heterocycles. The van der Waals surface area contributed by atoms with E-state index in [9.17, 15) is 9.59 Å². The zero-order valence-corrected chi connectivity index (χ0v) is 11.6. The second-order valence-electron chi connectivity index (χ2n) is 4.15. The number of hydrogen-bond donors (Lipinski definition) is 2. The van der Waals surface area contributed by atoms with Crippen LogP contribution in [-0.2, 0) is 16.1 Å². The van der Waals surface area contributed by atoms with E-state index in [2.05, 4.69) is 22.3 Å². The fraction of sp³-hybridized carbons (Fsp3) is 0.462. The molecule has 0 radical (unpaired) electrons. The van der Waals surface area contributed by atoms with Crippen molar-refractivity contribution in [1.82, 2.24) is 15.1 Å². The minimum Gasteiger partial charge on any atom is -0.352 e. The third kappa shape index (κ3) is 3.94. The fourth-order valence-electron chi connectivity index (χ4n) is 1.76. The van der Waals surface area contributed by atoms with Crippen molar-refractivity contribution in [3.8, 4) is 0 Å². The first kappa shape index (κ1) is 14.9. The topological polar surface area (TPSA) is 76.0 Å². The highest BCUT2D eigenvalue weighted by Crippen LogP contribution is 2.19. The van der Waals surface area contributed by atoms with Crippen LogP contribution < -0.4 is 10.6 Å². The third-order valence-electron chi connectivity index (χ3n) is 2.78. The van der Waals surface area contributed by atoms with E-state index in [1.165, 1.54) is 6.08 Å². The number of rotatable bonds is 6. The second kappa shape index (κ2) is 6.72. The number of carbonyl (C=O) groups excluding carboxylic acids is 2. The molecule has 6 heteroatoms. The van der Waals surface area contributed by atoms with Crippen molar-refractivity contribution in [1.29, 1.82) is 0 Å². The fourth-order valence-corrected chi connectivity index (χ4v) is 1.76. The summed E-state index contributed by atoms with van der Waals surface area (Å²) in [5.41, 5.74) is 2.48. The molecule has 2 N–H and O–H groups in total. The lowest BCUT2D eigenvalue weighted by molar-refractivity contribution is -0.117. The highest BCUT2D eigenvalue weighted by Gasteiger charge is 2.13. The molecule has 0 bridgehead atoms. The van der Waals surface area contributed by atoms with Crippen LogP contribution in [0.1, 0.15) is 24.7 Å². The predicted octanol–water partition coefficient (Wildman–Crippen LogP) is 1.15. The SMILES string of the molecule is C=CC(=O)NCCC(=O)Nc1c(C)nn(CC)c1C. The Labute approximate surface area is 112 Å². The number of nitrogens with zero attached hydrogens (tertiary/aromatic N) is 2. The lowest BCUT2D eigenvalue weighted by Crippen LogP contribution is -2.26. The number of amides is 2. The molecule has 0 saturated carbocycles. The maximum atomic E-state index is 11.8. The molecule has 0 aliphatic heterocycles. The molecule has 104 valence electrons. The molecule has 1 rings (SSSR count). The molecule has 0 saturated heterocycles. The highest BCUT2D eigenvalue weighted by atomic mass is 16.2. The summed E-state index contributed by atoms with van der Waals surface area (Å²) in [7, 11) is 0. The second-order valence-corrected chi connectivity index (χ2v) is 4.15. The molecule has 19 heavy (non-hydrogen) atoms. The van der Waals surface area contributed by atoms with Gasteiger partial charge >= 0.3 is 0 Å². The lowest BCUT2D eigenvalue weighted by atomic mass is 10.3. The lowest BCUT2D eigenvalue weighted by Gasteiger charge is -2.06. The standard InChI is InChI=1S/C13H20N4O2/c1-5-11(18)14-8-7-12(19)15-13-9(3)16-17(6-2)10(13)4/h5H,1,6-8H2,2-4H3,(H,14,18)(H,15,19). The van der Waals surface area contributed by atoms with Gasteiger partial charge in [0.05, 0.1) is 17.1 Å². The van der Waals surface area contributed by atoms with Crippen LogP contribution in [-0.4, -0.2) is 28.1 Å². The maximum Gasteiger partial charge on any atom is 0.243 e. The normalized spacial score (nSPS) is 10.1. The summed E-state index contributed by atoms with van der Waals surface area (Å²) in [4.78, 5) is 22.7. The highest BCUT2D eigenvalue weighted by molar-refractivity contribution is 5.92. The van der Waals surface area contributed by atoms with Crippen LogP contribution in [0.5, 0.6) is 0 Å². The van der Waals surface area contributed by atoms with E-state index in [1.54, 1.807) is 0 Å². The van der Waals surface area contributed by atoms with Gasteiger partial charge in [0.2, 0.25) is 11.8 Å². The van der Waals surface area contributed by atoms with Crippen LogP contribution >= 0.6 is 0 Å². The number of aromatic nitrogens is 2. The van der Waals surface area contributed by atoms with Crippen LogP contribution in [0.25, 0.3) is 0 Å². The van der Waals surface area contributed by atoms with Gasteiger partial charge in [-0.1, -0.05) is 6.58 Å². The van der Waals surface area contributed by atoms with Gasteiger partial charge in [0.15, 0.2) is 0 Å². The van der Waals surface area contributed by atoms with E-state index < -0.39 is 0 Å². The van der Waals surface area contributed by atoms with E-state index in [1.807, 2.05) is 25.5 Å². The van der Waals surface area contributed by atoms with Gasteiger partial charge in [-0.2, -0.15) is 5.10 Å². The quantitative estimate of drug-likeness (QED) is 0.757. The van der Waals surface area contributed by atoms with Gasteiger partial charge in [0.25, 0.3) is 0 Å². The largest absolute Gasteiger partial charge is 0.352 e. The minimum absolute atomic E-state index is 0.147. The van der Waals surface area contributed by atoms with Gasteiger partial charge < -0.3 is 10.6 Å². The van der Waals surface area contributed by atoms with E-state index in [-0.39, 0.29) is 24.8 Å². The smallest absolute Gasteiger partial charge is 0.243 e. The van der Waals surface area contributed by atoms with Crippen molar-refractivity contribution in [2.24, 2.45) is 0 Å². The number of aryl methyl sites for hydroxylation is 2. The van der Waals surface area contributed by atoms with Crippen LogP contribution in [0, 0.1) is 13.8 Å². The molecule has 1 heterocycles. The van der Waals surface area contributed by atoms with Gasteiger partial charge in [-0.05, 0) is 26.8 Å². The molecule has 2 amide bonds. The monoisotopic (exact) mass is 264 g/mol. The zero-order valence-electron chi connectivity index (χ0n) is 11.6. The number of anilines is 1. The van der Waals surface area contributed by atoms with Crippen molar-refractivity contribution in [2.75, 3.05) is 11.9 Å². The first-order valence-electron chi connectivity index (χ1n) is 6.23. The van der Waals surface area contributed by atoms with Crippen molar-refractivity contribution in [3.63, 3.8) is 0 Å². The Balaban J connectivity index is 2.55. The minimum atomic E-state index is -0.279. The molecule has 0 atom stereocenters. The predicted molar refractivity (Wildman–Crippen MR) is 73.8 cm³/mol. The number of nitrogens with one attached hydrogen (secondary N) is 2. The van der Waals surface area contributed by atoms with Gasteiger partial charge in [0.1, 0.15) is 0 Å². The van der Waals surface area contributed by atoms with E-state index >= 15 is 0 Å². The molecule has 0 spiro atoms. The summed E-state index contributed by atoms with van der Waals surface area (Å²) in [5, 5.41) is 9.70. The summed E-state index contributed by atoms with van der Waals surface area (Å²) in [5.74, 6) is -0.426. The maximum absolute atomic E-state index is 11.8. The summed E-state index contributed by atoms with van der Waals surface area (Å²) in [6.45, 7) is 10.2. The Morgan fingerprint density at radius 2 is 2.11 bits per heavy atom. The first-order chi connectivity index (χ1) is 8.99. The Hall–Kier alpha value is -2.11. The molecular weight excluding hydrogens is 244 g/mol. The summed E-state index contributed by atoms with van der Waals surface area (Å²) < 4.78 is 1.84. The first-order valence-corrected chi connectivity index (χ1v) is 6.23. The summed E-state index contributed by atoms with van der Waals surface area (Å²) in [6.07, 6.45) is 1.40. The van der Waals surface area contributed by atoms with Crippen molar-refractivity contribution >= 4 is 17.5 Å². The van der Waals surface area contributed by atoms with Gasteiger partial charge in [-0.25, -0.2) is 0 Å². The number of hydrogen-bond acceptors (Lipinski definition) is 3. The molecular formula is C13H20N4O2. The van der Waals surface area contributed by atoms with E-state index in [0.29, 0.717) is 0 Å². The Bertz CT molecular complexity index is 491. The van der Waals surface area contributed by atoms with Crippen LogP contribution in [0.2, 0.25) is 0 Å². The summed E-state index contributed by atoms with van der Waals surface area (Å²) >= 11 is 0. The molecule has 1 aromatic rings. The zero-order chi connectivity index (χ0) is 14.4. The Morgan fingerprint density at radius 1 is 1.42 bits per heavy atom. The molecule has 6 nitrogen and oxygen atoms in total. The van der Waals surface area contributed by atoms with Crippen LogP contribution in [0.4, 0.5) is 5.69 Å². The number of carbonyl (C=O) groups is 2. The van der Waals surface area contributed by atoms with Crippen molar-refractivity contribution < 1.29 is 9.59 Å². The Morgan fingerprint density at radius 3 is 2.63 bits per heavy atom. The molecule has 0 aromatic carbocycles. The van der Waals surface area contributed by atoms with Crippen LogP contribution in [0.15, 0.2) is 12.7 Å². The average molecular weight is 264 g/mol. The Kier molecular flexibility index (Phi) is 5.29. The average Bonchev–Trinajstić information content (AvgIpc) is 2.65. The van der Waals surface area contributed by atoms with Gasteiger partial charge in [-0.15, -0.1) is 0 Å². The summed E-state index contributed by atoms with van der Waals surface area (Å²) in [6, 6.07) is 0.